The number of rotatable bonds is 4. The molecule has 0 spiro atoms. The van der Waals surface area contributed by atoms with Crippen molar-refractivity contribution in [2.24, 2.45) is 0 Å². The van der Waals surface area contributed by atoms with Crippen molar-refractivity contribution in [2.45, 2.75) is 42.7 Å². The monoisotopic (exact) mass is 416 g/mol. The smallest absolute Gasteiger partial charge is 0.224 e. The summed E-state index contributed by atoms with van der Waals surface area (Å²) in [5.74, 6) is 0.761. The van der Waals surface area contributed by atoms with E-state index in [9.17, 15) is 13.2 Å². The van der Waals surface area contributed by atoms with Crippen molar-refractivity contribution in [1.82, 2.24) is 10.2 Å². The van der Waals surface area contributed by atoms with E-state index in [0.29, 0.717) is 24.7 Å². The Morgan fingerprint density at radius 2 is 1.85 bits per heavy atom. The van der Waals surface area contributed by atoms with E-state index >= 15 is 0 Å². The molecule has 2 fully saturated rings. The Balaban J connectivity index is 0.00000210. The second-order valence-electron chi connectivity index (χ2n) is 7.05. The van der Waals surface area contributed by atoms with Crippen molar-refractivity contribution in [3.63, 3.8) is 0 Å². The normalized spacial score (nSPS) is 24.1. The SMILES string of the molecule is Cl.O=C(CCS(=O)(=O)c1ccc2c(c1)OCCO2)N1C2CCNCC1CC2. The van der Waals surface area contributed by atoms with E-state index in [1.54, 1.807) is 6.07 Å². The van der Waals surface area contributed by atoms with E-state index in [0.717, 1.165) is 32.4 Å². The first-order valence-corrected chi connectivity index (χ1v) is 10.8. The summed E-state index contributed by atoms with van der Waals surface area (Å²) < 4.78 is 36.2. The summed E-state index contributed by atoms with van der Waals surface area (Å²) in [6.45, 7) is 2.58. The highest BCUT2D eigenvalue weighted by Crippen LogP contribution is 2.33. The molecule has 9 heteroatoms. The molecule has 1 aromatic rings. The second-order valence-corrected chi connectivity index (χ2v) is 9.16. The number of carbonyl (C=O) groups is 1. The van der Waals surface area contributed by atoms with Gasteiger partial charge in [0.05, 0.1) is 10.6 Å². The first-order valence-electron chi connectivity index (χ1n) is 9.19. The summed E-state index contributed by atoms with van der Waals surface area (Å²) in [6.07, 6.45) is 2.98. The molecule has 2 atom stereocenters. The molecule has 150 valence electrons. The zero-order valence-corrected chi connectivity index (χ0v) is 16.7. The molecule has 1 N–H and O–H groups in total. The molecule has 2 bridgehead atoms. The van der Waals surface area contributed by atoms with Crippen LogP contribution in [0.5, 0.6) is 11.5 Å². The third kappa shape index (κ3) is 4.17. The van der Waals surface area contributed by atoms with Crippen LogP contribution in [0.15, 0.2) is 23.1 Å². The lowest BCUT2D eigenvalue weighted by Gasteiger charge is -2.28. The average Bonchev–Trinajstić information content (AvgIpc) is 2.92. The predicted molar refractivity (Wildman–Crippen MR) is 102 cm³/mol. The molecule has 7 nitrogen and oxygen atoms in total. The summed E-state index contributed by atoms with van der Waals surface area (Å²) in [6, 6.07) is 5.08. The summed E-state index contributed by atoms with van der Waals surface area (Å²) >= 11 is 0. The zero-order chi connectivity index (χ0) is 18.1. The summed E-state index contributed by atoms with van der Waals surface area (Å²) in [5, 5.41) is 3.35. The summed E-state index contributed by atoms with van der Waals surface area (Å²) in [7, 11) is -3.55. The number of carbonyl (C=O) groups excluding carboxylic acids is 1. The molecule has 0 radical (unpaired) electrons. The fourth-order valence-electron chi connectivity index (χ4n) is 4.08. The quantitative estimate of drug-likeness (QED) is 0.798. The summed E-state index contributed by atoms with van der Waals surface area (Å²) in [4.78, 5) is 14.8. The first kappa shape index (κ1) is 20.2. The Morgan fingerprint density at radius 3 is 2.67 bits per heavy atom. The van der Waals surface area contributed by atoms with Gasteiger partial charge in [-0.2, -0.15) is 0 Å². The van der Waals surface area contributed by atoms with E-state index in [1.165, 1.54) is 12.1 Å². The van der Waals surface area contributed by atoms with Crippen LogP contribution in [0.2, 0.25) is 0 Å². The number of amides is 1. The molecular weight excluding hydrogens is 392 g/mol. The number of nitrogens with one attached hydrogen (secondary N) is 1. The van der Waals surface area contributed by atoms with Crippen LogP contribution >= 0.6 is 12.4 Å². The van der Waals surface area contributed by atoms with Gasteiger partial charge < -0.3 is 19.7 Å². The van der Waals surface area contributed by atoms with Gasteiger partial charge in [0, 0.05) is 31.1 Å². The van der Waals surface area contributed by atoms with Crippen LogP contribution in [0, 0.1) is 0 Å². The van der Waals surface area contributed by atoms with Gasteiger partial charge in [0.15, 0.2) is 21.3 Å². The third-order valence-electron chi connectivity index (χ3n) is 5.40. The fourth-order valence-corrected chi connectivity index (χ4v) is 5.32. The van der Waals surface area contributed by atoms with E-state index < -0.39 is 9.84 Å². The molecule has 1 aromatic carbocycles. The maximum atomic E-state index is 12.7. The van der Waals surface area contributed by atoms with Crippen LogP contribution in [-0.2, 0) is 14.6 Å². The van der Waals surface area contributed by atoms with E-state index in [2.05, 4.69) is 5.32 Å². The maximum absolute atomic E-state index is 12.7. The Kier molecular flexibility index (Phi) is 6.18. The molecule has 3 heterocycles. The highest BCUT2D eigenvalue weighted by Gasteiger charge is 2.38. The van der Waals surface area contributed by atoms with Gasteiger partial charge in [-0.05, 0) is 37.9 Å². The number of hydrogen-bond donors (Lipinski definition) is 1. The Labute approximate surface area is 165 Å². The molecule has 4 rings (SSSR count). The van der Waals surface area contributed by atoms with E-state index in [1.807, 2.05) is 4.90 Å². The number of sulfone groups is 1. The number of hydrogen-bond acceptors (Lipinski definition) is 6. The fraction of sp³-hybridized carbons (Fsp3) is 0.611. The maximum Gasteiger partial charge on any atom is 0.224 e. The number of fused-ring (bicyclic) bond motifs is 3. The Bertz CT molecular complexity index is 787. The van der Waals surface area contributed by atoms with Gasteiger partial charge in [-0.25, -0.2) is 8.42 Å². The molecule has 1 amide bonds. The standard InChI is InChI=1S/C18H24N2O5S.ClH/c21-18(20-13-1-2-14(20)12-19-7-5-13)6-10-26(22,23)15-3-4-16-17(11-15)25-9-8-24-16;/h3-4,11,13-14,19H,1-2,5-10,12H2;1H. The lowest BCUT2D eigenvalue weighted by Crippen LogP contribution is -2.43. The first-order chi connectivity index (χ1) is 12.5. The van der Waals surface area contributed by atoms with Gasteiger partial charge in [0.25, 0.3) is 0 Å². The third-order valence-corrected chi connectivity index (χ3v) is 7.11. The van der Waals surface area contributed by atoms with Crippen molar-refractivity contribution in [1.29, 1.82) is 0 Å². The Morgan fingerprint density at radius 1 is 1.11 bits per heavy atom. The van der Waals surface area contributed by atoms with Crippen molar-refractivity contribution in [2.75, 3.05) is 32.1 Å². The molecular formula is C18H25ClN2O5S. The predicted octanol–water partition coefficient (Wildman–Crippen LogP) is 1.40. The molecule has 0 saturated carbocycles. The Hall–Kier alpha value is -1.51. The average molecular weight is 417 g/mol. The van der Waals surface area contributed by atoms with E-state index in [-0.39, 0.29) is 47.5 Å². The van der Waals surface area contributed by atoms with Crippen molar-refractivity contribution < 1.29 is 22.7 Å². The van der Waals surface area contributed by atoms with Gasteiger partial charge >= 0.3 is 0 Å². The van der Waals surface area contributed by atoms with E-state index in [4.69, 9.17) is 9.47 Å². The minimum absolute atomic E-state index is 0. The van der Waals surface area contributed by atoms with Crippen LogP contribution in [0.4, 0.5) is 0 Å². The minimum atomic E-state index is -3.55. The number of ether oxygens (including phenoxy) is 2. The van der Waals surface area contributed by atoms with Crippen molar-refractivity contribution in [3.8, 4) is 11.5 Å². The van der Waals surface area contributed by atoms with Gasteiger partial charge in [0.2, 0.25) is 5.91 Å². The molecule has 27 heavy (non-hydrogen) atoms. The van der Waals surface area contributed by atoms with Gasteiger partial charge in [-0.3, -0.25) is 4.79 Å². The number of halogens is 1. The zero-order valence-electron chi connectivity index (χ0n) is 15.1. The largest absolute Gasteiger partial charge is 0.486 e. The highest BCUT2D eigenvalue weighted by atomic mass is 35.5. The van der Waals surface area contributed by atoms with Gasteiger partial charge in [0.1, 0.15) is 13.2 Å². The molecule has 2 saturated heterocycles. The molecule has 2 unspecified atom stereocenters. The van der Waals surface area contributed by atoms with Gasteiger partial charge in [-0.1, -0.05) is 0 Å². The van der Waals surface area contributed by atoms with Crippen LogP contribution in [-0.4, -0.2) is 63.4 Å². The van der Waals surface area contributed by atoms with Gasteiger partial charge in [-0.15, -0.1) is 12.4 Å². The van der Waals surface area contributed by atoms with Crippen molar-refractivity contribution in [3.05, 3.63) is 18.2 Å². The topological polar surface area (TPSA) is 84.9 Å². The lowest BCUT2D eigenvalue weighted by atomic mass is 10.1. The van der Waals surface area contributed by atoms with Crippen LogP contribution in [0.1, 0.15) is 25.7 Å². The molecule has 0 aliphatic carbocycles. The number of benzene rings is 1. The summed E-state index contributed by atoms with van der Waals surface area (Å²) in [5.41, 5.74) is 0. The van der Waals surface area contributed by atoms with Crippen LogP contribution in [0.25, 0.3) is 0 Å². The van der Waals surface area contributed by atoms with Crippen LogP contribution < -0.4 is 14.8 Å². The highest BCUT2D eigenvalue weighted by molar-refractivity contribution is 7.91. The van der Waals surface area contributed by atoms with Crippen molar-refractivity contribution >= 4 is 28.2 Å². The minimum Gasteiger partial charge on any atom is -0.486 e. The number of nitrogens with zero attached hydrogens (tertiary/aromatic N) is 1. The molecule has 0 aromatic heterocycles. The molecule has 3 aliphatic heterocycles. The molecule has 3 aliphatic rings. The second kappa shape index (κ2) is 8.24. The van der Waals surface area contributed by atoms with Crippen LogP contribution in [0.3, 0.4) is 0 Å². The lowest BCUT2D eigenvalue weighted by molar-refractivity contribution is -0.133.